The predicted molar refractivity (Wildman–Crippen MR) is 113 cm³/mol. The molecule has 0 aliphatic rings. The van der Waals surface area contributed by atoms with Gasteiger partial charge in [-0.15, -0.1) is 0 Å². The van der Waals surface area contributed by atoms with Crippen molar-refractivity contribution in [3.63, 3.8) is 0 Å². The maximum absolute atomic E-state index is 12.4. The Bertz CT molecular complexity index is 1130. The summed E-state index contributed by atoms with van der Waals surface area (Å²) in [7, 11) is 1.50. The number of aliphatic hydroxyl groups excluding tert-OH is 2. The summed E-state index contributed by atoms with van der Waals surface area (Å²) >= 11 is 0. The normalized spacial score (nSPS) is 13.4. The van der Waals surface area contributed by atoms with Crippen molar-refractivity contribution < 1.29 is 14.9 Å². The fourth-order valence-electron chi connectivity index (χ4n) is 3.10. The van der Waals surface area contributed by atoms with Crippen LogP contribution >= 0.6 is 0 Å². The number of H-pyrrole nitrogens is 1. The second-order valence-electron chi connectivity index (χ2n) is 7.23. The van der Waals surface area contributed by atoms with Crippen LogP contribution < -0.4 is 21.3 Å². The second-order valence-corrected chi connectivity index (χ2v) is 7.23. The number of hydrogen-bond acceptors (Lipinski definition) is 7. The lowest BCUT2D eigenvalue weighted by atomic mass is 10.2. The molecule has 10 heteroatoms. The number of nitrogens with zero attached hydrogens (tertiary/aromatic N) is 3. The predicted octanol–water partition coefficient (Wildman–Crippen LogP) is 0.218. The minimum Gasteiger partial charge on any atom is -0.491 e. The van der Waals surface area contributed by atoms with E-state index in [1.165, 1.54) is 16.2 Å². The van der Waals surface area contributed by atoms with Crippen molar-refractivity contribution in [2.75, 3.05) is 18.5 Å². The smallest absolute Gasteiger partial charge is 0.329 e. The first-order chi connectivity index (χ1) is 14.3. The summed E-state index contributed by atoms with van der Waals surface area (Å²) in [5.74, 6) is 0.918. The number of nitrogens with one attached hydrogen (secondary N) is 2. The molecule has 30 heavy (non-hydrogen) atoms. The van der Waals surface area contributed by atoms with E-state index < -0.39 is 23.5 Å². The van der Waals surface area contributed by atoms with E-state index in [1.807, 2.05) is 31.2 Å². The standard InChI is InChI=1S/C20H27N5O5/c1-4-13-6-5-7-15(8-13)30-11-14(27)10-25-16-17(22-19(25)21-9-12(2)26)24(3)20(29)23-18(16)28/h5-8,12,14,26-27H,4,9-11H2,1-3H3,(H,21,22)(H,23,28,29)/t12-,14+/m1/s1. The molecular weight excluding hydrogens is 390 g/mol. The molecule has 2 aromatic heterocycles. The van der Waals surface area contributed by atoms with Gasteiger partial charge in [-0.1, -0.05) is 19.1 Å². The highest BCUT2D eigenvalue weighted by Gasteiger charge is 2.20. The van der Waals surface area contributed by atoms with Crippen LogP contribution in [-0.2, 0) is 20.0 Å². The summed E-state index contributed by atoms with van der Waals surface area (Å²) in [5.41, 5.74) is 0.269. The fraction of sp³-hybridized carbons (Fsp3) is 0.450. The van der Waals surface area contributed by atoms with Crippen molar-refractivity contribution in [1.82, 2.24) is 19.1 Å². The molecule has 1 aromatic carbocycles. The van der Waals surface area contributed by atoms with Crippen molar-refractivity contribution in [2.24, 2.45) is 7.05 Å². The number of aliphatic hydroxyl groups is 2. The lowest BCUT2D eigenvalue weighted by Crippen LogP contribution is -2.31. The number of imidazole rings is 1. The summed E-state index contributed by atoms with van der Waals surface area (Å²) < 4.78 is 8.41. The van der Waals surface area contributed by atoms with Crippen molar-refractivity contribution in [2.45, 2.75) is 39.0 Å². The Morgan fingerprint density at radius 3 is 2.77 bits per heavy atom. The third-order valence-corrected chi connectivity index (χ3v) is 4.71. The zero-order valence-corrected chi connectivity index (χ0v) is 17.3. The number of aromatic nitrogens is 4. The topological polar surface area (TPSA) is 134 Å². The van der Waals surface area contributed by atoms with Crippen molar-refractivity contribution in [1.29, 1.82) is 0 Å². The zero-order valence-electron chi connectivity index (χ0n) is 17.3. The van der Waals surface area contributed by atoms with Gasteiger partial charge in [-0.05, 0) is 31.0 Å². The van der Waals surface area contributed by atoms with Crippen LogP contribution in [0.5, 0.6) is 5.75 Å². The van der Waals surface area contributed by atoms with Crippen LogP contribution in [0.25, 0.3) is 11.2 Å². The maximum Gasteiger partial charge on any atom is 0.329 e. The molecular formula is C20H27N5O5. The number of rotatable bonds is 9. The number of hydrogen-bond donors (Lipinski definition) is 4. The zero-order chi connectivity index (χ0) is 21.8. The van der Waals surface area contributed by atoms with E-state index in [2.05, 4.69) is 15.3 Å². The highest BCUT2D eigenvalue weighted by molar-refractivity contribution is 5.74. The molecule has 0 saturated carbocycles. The van der Waals surface area contributed by atoms with Crippen LogP contribution in [0.4, 0.5) is 5.95 Å². The summed E-state index contributed by atoms with van der Waals surface area (Å²) in [6, 6.07) is 7.61. The van der Waals surface area contributed by atoms with Gasteiger partial charge in [0.2, 0.25) is 5.95 Å². The Hall–Kier alpha value is -3.11. The van der Waals surface area contributed by atoms with Crippen LogP contribution in [0.2, 0.25) is 0 Å². The van der Waals surface area contributed by atoms with Crippen LogP contribution in [0, 0.1) is 0 Å². The van der Waals surface area contributed by atoms with Gasteiger partial charge in [0, 0.05) is 13.6 Å². The number of ether oxygens (including phenoxy) is 1. The van der Waals surface area contributed by atoms with Gasteiger partial charge in [-0.2, -0.15) is 4.98 Å². The van der Waals surface area contributed by atoms with Crippen LogP contribution in [0.3, 0.4) is 0 Å². The number of anilines is 1. The summed E-state index contributed by atoms with van der Waals surface area (Å²) in [5, 5.41) is 23.1. The molecule has 2 heterocycles. The Balaban J connectivity index is 1.87. The van der Waals surface area contributed by atoms with Crippen LogP contribution in [0.1, 0.15) is 19.4 Å². The first-order valence-electron chi connectivity index (χ1n) is 9.81. The van der Waals surface area contributed by atoms with Gasteiger partial charge in [-0.3, -0.25) is 14.3 Å². The number of benzene rings is 1. The SMILES string of the molecule is CCc1cccc(OC[C@@H](O)Cn2c(NC[C@@H](C)O)nc3c2c(=O)[nH]c(=O)n3C)c1. The number of fused-ring (bicyclic) bond motifs is 1. The second kappa shape index (κ2) is 9.14. The molecule has 10 nitrogen and oxygen atoms in total. The highest BCUT2D eigenvalue weighted by Crippen LogP contribution is 2.17. The molecule has 4 N–H and O–H groups in total. The molecule has 0 amide bonds. The average Bonchev–Trinajstić information content (AvgIpc) is 3.08. The molecule has 3 aromatic rings. The molecule has 0 unspecified atom stereocenters. The van der Waals surface area contributed by atoms with Crippen LogP contribution in [0.15, 0.2) is 33.9 Å². The van der Waals surface area contributed by atoms with E-state index in [-0.39, 0.29) is 36.8 Å². The van der Waals surface area contributed by atoms with Gasteiger partial charge in [0.25, 0.3) is 5.56 Å². The van der Waals surface area contributed by atoms with E-state index in [0.717, 1.165) is 12.0 Å². The van der Waals surface area contributed by atoms with E-state index >= 15 is 0 Å². The lowest BCUT2D eigenvalue weighted by molar-refractivity contribution is 0.0937. The molecule has 3 rings (SSSR count). The molecule has 0 radical (unpaired) electrons. The van der Waals surface area contributed by atoms with Crippen LogP contribution in [-0.4, -0.2) is 54.7 Å². The van der Waals surface area contributed by atoms with Gasteiger partial charge in [0.15, 0.2) is 11.2 Å². The summed E-state index contributed by atoms with van der Waals surface area (Å²) in [4.78, 5) is 30.9. The Labute approximate surface area is 172 Å². The number of aryl methyl sites for hydroxylation is 2. The monoisotopic (exact) mass is 417 g/mol. The molecule has 2 atom stereocenters. The molecule has 0 aliphatic carbocycles. The third kappa shape index (κ3) is 4.71. The van der Waals surface area contributed by atoms with Gasteiger partial charge < -0.3 is 24.8 Å². The van der Waals surface area contributed by atoms with Gasteiger partial charge >= 0.3 is 5.69 Å². The molecule has 0 bridgehead atoms. The van der Waals surface area contributed by atoms with E-state index in [0.29, 0.717) is 5.75 Å². The first kappa shape index (κ1) is 21.6. The van der Waals surface area contributed by atoms with Gasteiger partial charge in [0.1, 0.15) is 18.5 Å². The van der Waals surface area contributed by atoms with Gasteiger partial charge in [-0.25, -0.2) is 4.79 Å². The van der Waals surface area contributed by atoms with Crippen molar-refractivity contribution in [3.8, 4) is 5.75 Å². The maximum atomic E-state index is 12.4. The molecule has 0 saturated heterocycles. The Morgan fingerprint density at radius 2 is 2.07 bits per heavy atom. The molecule has 0 aliphatic heterocycles. The molecule has 0 spiro atoms. The minimum absolute atomic E-state index is 0.00630. The first-order valence-corrected chi connectivity index (χ1v) is 9.81. The fourth-order valence-corrected chi connectivity index (χ4v) is 3.10. The van der Waals surface area contributed by atoms with E-state index in [4.69, 9.17) is 4.74 Å². The van der Waals surface area contributed by atoms with Crippen molar-refractivity contribution in [3.05, 3.63) is 50.7 Å². The largest absolute Gasteiger partial charge is 0.491 e. The minimum atomic E-state index is -0.948. The van der Waals surface area contributed by atoms with E-state index in [9.17, 15) is 19.8 Å². The third-order valence-electron chi connectivity index (χ3n) is 4.71. The lowest BCUT2D eigenvalue weighted by Gasteiger charge is -2.16. The Morgan fingerprint density at radius 1 is 1.30 bits per heavy atom. The average molecular weight is 417 g/mol. The van der Waals surface area contributed by atoms with E-state index in [1.54, 1.807) is 6.92 Å². The molecule has 0 fully saturated rings. The number of aromatic amines is 1. The summed E-state index contributed by atoms with van der Waals surface area (Å²) in [6.45, 7) is 3.85. The van der Waals surface area contributed by atoms with Gasteiger partial charge in [0.05, 0.1) is 12.6 Å². The summed E-state index contributed by atoms with van der Waals surface area (Å²) in [6.07, 6.45) is -0.725. The quantitative estimate of drug-likeness (QED) is 0.391. The Kier molecular flexibility index (Phi) is 6.58. The molecule has 162 valence electrons. The van der Waals surface area contributed by atoms with Crippen molar-refractivity contribution >= 4 is 17.1 Å². The highest BCUT2D eigenvalue weighted by atomic mass is 16.5.